The van der Waals surface area contributed by atoms with Crippen LogP contribution < -0.4 is 0 Å². The van der Waals surface area contributed by atoms with Crippen LogP contribution in [0.15, 0.2) is 23.4 Å². The van der Waals surface area contributed by atoms with Crippen molar-refractivity contribution in [1.29, 1.82) is 0 Å². The van der Waals surface area contributed by atoms with Gasteiger partial charge in [-0.25, -0.2) is 0 Å². The van der Waals surface area contributed by atoms with Gasteiger partial charge in [-0.3, -0.25) is 13.3 Å². The molecule has 21 heavy (non-hydrogen) atoms. The molecule has 6 heteroatoms. The van der Waals surface area contributed by atoms with Gasteiger partial charge in [-0.2, -0.15) is 0 Å². The molecule has 1 N–H and O–H groups in total. The van der Waals surface area contributed by atoms with Crippen LogP contribution >= 0.6 is 0 Å². The van der Waals surface area contributed by atoms with Crippen molar-refractivity contribution < 1.29 is 18.7 Å². The third kappa shape index (κ3) is 3.74. The van der Waals surface area contributed by atoms with Crippen LogP contribution in [0.1, 0.15) is 47.5 Å². The second-order valence-electron chi connectivity index (χ2n) is 6.13. The summed E-state index contributed by atoms with van der Waals surface area (Å²) in [6.45, 7) is 8.89. The first-order valence-corrected chi connectivity index (χ1v) is 8.12. The lowest BCUT2D eigenvalue weighted by Crippen LogP contribution is -2.45. The zero-order valence-electron chi connectivity index (χ0n) is 13.3. The summed E-state index contributed by atoms with van der Waals surface area (Å²) >= 11 is -2.37. The van der Waals surface area contributed by atoms with Gasteiger partial charge in [-0.15, -0.1) is 0 Å². The Kier molecular flexibility index (Phi) is 5.75. The summed E-state index contributed by atoms with van der Waals surface area (Å²) in [4.78, 5) is 11.3. The molecule has 1 fully saturated rings. The highest BCUT2D eigenvalue weighted by Gasteiger charge is 2.39. The van der Waals surface area contributed by atoms with Crippen molar-refractivity contribution in [3.8, 4) is 0 Å². The maximum absolute atomic E-state index is 11.6. The van der Waals surface area contributed by atoms with Crippen LogP contribution in [0.2, 0.25) is 0 Å². The molecule has 0 bridgehead atoms. The van der Waals surface area contributed by atoms with Crippen LogP contribution in [-0.4, -0.2) is 30.2 Å². The lowest BCUT2D eigenvalue weighted by molar-refractivity contribution is -0.148. The van der Waals surface area contributed by atoms with Crippen molar-refractivity contribution in [2.45, 2.75) is 53.5 Å². The fraction of sp³-hybridized carbons (Fsp3) is 0.667. The molecule has 5 nitrogen and oxygen atoms in total. The molecule has 1 saturated heterocycles. The monoisotopic (exact) mass is 314 g/mol. The van der Waals surface area contributed by atoms with E-state index in [0.29, 0.717) is 18.5 Å². The molecule has 0 saturated carbocycles. The maximum atomic E-state index is 11.6. The van der Waals surface area contributed by atoms with Crippen LogP contribution in [0.3, 0.4) is 0 Å². The van der Waals surface area contributed by atoms with Gasteiger partial charge >= 0.3 is 5.97 Å². The molecule has 0 aliphatic carbocycles. The Morgan fingerprint density at radius 3 is 2.43 bits per heavy atom. The van der Waals surface area contributed by atoms with Gasteiger partial charge in [0.1, 0.15) is 0 Å². The smallest absolute Gasteiger partial charge is 0.309 e. The van der Waals surface area contributed by atoms with E-state index in [1.165, 1.54) is 4.31 Å². The number of carboxylic acids is 1. The Bertz CT molecular complexity index is 496. The number of carboxylic acid groups (broad SMARTS) is 1. The van der Waals surface area contributed by atoms with Crippen molar-refractivity contribution in [3.63, 3.8) is 0 Å². The quantitative estimate of drug-likeness (QED) is 0.809. The fourth-order valence-electron chi connectivity index (χ4n) is 2.89. The van der Waals surface area contributed by atoms with Gasteiger partial charge in [0.15, 0.2) is 0 Å². The summed E-state index contributed by atoms with van der Waals surface area (Å²) in [6.07, 6.45) is 4.83. The molecule has 0 aromatic heterocycles. The van der Waals surface area contributed by atoms with E-state index in [-0.39, 0.29) is 12.0 Å². The van der Waals surface area contributed by atoms with Gasteiger partial charge in [0.25, 0.3) is 0 Å². The lowest BCUT2D eigenvalue weighted by atomic mass is 9.75. The van der Waals surface area contributed by atoms with Crippen LogP contribution in [0.4, 0.5) is 0 Å². The first kappa shape index (κ1) is 17.9. The topological polar surface area (TPSA) is 80.7 Å². The number of piperidine rings is 1. The minimum atomic E-state index is -2.37. The average Bonchev–Trinajstić information content (AvgIpc) is 2.39. The maximum Gasteiger partial charge on any atom is 0.309 e. The van der Waals surface area contributed by atoms with Gasteiger partial charge < -0.3 is 9.66 Å². The van der Waals surface area contributed by atoms with E-state index in [4.69, 9.17) is 0 Å². The van der Waals surface area contributed by atoms with Gasteiger partial charge in [0.05, 0.1) is 5.41 Å². The highest BCUT2D eigenvalue weighted by Crippen LogP contribution is 2.41. The highest BCUT2D eigenvalue weighted by molar-refractivity contribution is 7.76. The summed E-state index contributed by atoms with van der Waals surface area (Å²) in [5.41, 5.74) is 0.773. The molecule has 1 aliphatic heterocycles. The van der Waals surface area contributed by atoms with Crippen molar-refractivity contribution in [2.75, 3.05) is 0 Å². The van der Waals surface area contributed by atoms with Crippen molar-refractivity contribution in [3.05, 3.63) is 23.4 Å². The number of rotatable bonds is 4. The molecule has 0 amide bonds. The van der Waals surface area contributed by atoms with Gasteiger partial charge in [-0.1, -0.05) is 12.2 Å². The second-order valence-corrected chi connectivity index (χ2v) is 6.96. The number of allylic oxidation sites excluding steroid dienone is 3. The predicted octanol–water partition coefficient (Wildman–Crippen LogP) is 2.84. The molecule has 0 spiro atoms. The van der Waals surface area contributed by atoms with E-state index in [9.17, 15) is 18.7 Å². The summed E-state index contributed by atoms with van der Waals surface area (Å²) in [5.74, 6) is -0.882. The number of hydrogen-bond acceptors (Lipinski definition) is 3. The van der Waals surface area contributed by atoms with Crippen molar-refractivity contribution in [2.24, 2.45) is 11.3 Å². The minimum absolute atomic E-state index is 0.0242. The minimum Gasteiger partial charge on any atom is -0.755 e. The number of nitrogens with zero attached hydrogens (tertiary/aromatic N) is 1. The van der Waals surface area contributed by atoms with E-state index in [2.05, 4.69) is 0 Å². The Balaban J connectivity index is 3.14. The van der Waals surface area contributed by atoms with Crippen LogP contribution in [0, 0.1) is 11.3 Å². The van der Waals surface area contributed by atoms with Gasteiger partial charge in [0, 0.05) is 23.0 Å². The van der Waals surface area contributed by atoms with Crippen molar-refractivity contribution in [1.82, 2.24) is 4.31 Å². The van der Waals surface area contributed by atoms with E-state index < -0.39 is 22.7 Å². The standard InChI is InChI=1S/C15H25NO4S/c1-6-11-8-12(9-15(4,5)14(17)18)10(3)16(21(19)20)13(11)7-2/h6-7,10,12H,8-9H2,1-5H3,(H,17,18)(H,19,20)/p-1/b11-6-,13-7+/t10-,12+/m1/s1. The molecule has 120 valence electrons. The Morgan fingerprint density at radius 2 is 2.05 bits per heavy atom. The molecular weight excluding hydrogens is 290 g/mol. The van der Waals surface area contributed by atoms with Crippen LogP contribution in [0.25, 0.3) is 0 Å². The summed E-state index contributed by atoms with van der Waals surface area (Å²) in [7, 11) is 0. The number of hydrogen-bond donors (Lipinski definition) is 1. The van der Waals surface area contributed by atoms with Gasteiger partial charge in [0.2, 0.25) is 0 Å². The summed E-state index contributed by atoms with van der Waals surface area (Å²) < 4.78 is 24.5. The Labute approximate surface area is 129 Å². The molecule has 1 heterocycles. The normalized spacial score (nSPS) is 29.0. The Hall–Kier alpha value is -1.14. The lowest BCUT2D eigenvalue weighted by Gasteiger charge is -2.45. The number of aliphatic carboxylic acids is 1. The predicted molar refractivity (Wildman–Crippen MR) is 81.9 cm³/mol. The summed E-state index contributed by atoms with van der Waals surface area (Å²) in [6, 6.07) is -0.253. The molecule has 3 atom stereocenters. The fourth-order valence-corrected chi connectivity index (χ4v) is 3.72. The first-order valence-electron chi connectivity index (χ1n) is 7.09. The largest absolute Gasteiger partial charge is 0.755 e. The molecule has 0 radical (unpaired) electrons. The van der Waals surface area contributed by atoms with E-state index >= 15 is 0 Å². The molecule has 1 rings (SSSR count). The Morgan fingerprint density at radius 1 is 1.48 bits per heavy atom. The highest BCUT2D eigenvalue weighted by atomic mass is 32.2. The zero-order chi connectivity index (χ0) is 16.4. The number of carbonyl (C=O) groups is 1. The van der Waals surface area contributed by atoms with Crippen molar-refractivity contribution >= 4 is 17.2 Å². The zero-order valence-corrected chi connectivity index (χ0v) is 14.1. The van der Waals surface area contributed by atoms with Crippen LogP contribution in [-0.2, 0) is 16.1 Å². The van der Waals surface area contributed by atoms with E-state index in [1.807, 2.05) is 26.8 Å². The molecule has 1 aliphatic rings. The molecular formula is C15H24NO4S-. The molecule has 1 unspecified atom stereocenters. The third-order valence-corrected chi connectivity index (χ3v) is 5.09. The van der Waals surface area contributed by atoms with E-state index in [0.717, 1.165) is 5.57 Å². The van der Waals surface area contributed by atoms with Crippen LogP contribution in [0.5, 0.6) is 0 Å². The molecule has 0 aromatic carbocycles. The SMILES string of the molecule is C/C=C1/C[C@@H](CC(C)(C)C(=O)O)[C@@H](C)N(S(=O)[O-])/C1=C/C. The van der Waals surface area contributed by atoms with E-state index in [1.54, 1.807) is 19.9 Å². The molecule has 0 aromatic rings. The first-order chi connectivity index (χ1) is 9.65. The van der Waals surface area contributed by atoms with Gasteiger partial charge in [-0.05, 0) is 59.0 Å². The third-order valence-electron chi connectivity index (χ3n) is 4.23. The average molecular weight is 314 g/mol. The summed E-state index contributed by atoms with van der Waals surface area (Å²) in [5, 5.41) is 9.29. The second kappa shape index (κ2) is 6.75.